The molecule has 2 aliphatic carbocycles. The van der Waals surface area contributed by atoms with E-state index in [9.17, 15) is 10.2 Å². The summed E-state index contributed by atoms with van der Waals surface area (Å²) in [7, 11) is 3.71. The van der Waals surface area contributed by atoms with Crippen molar-refractivity contribution < 1.29 is 19.7 Å². The van der Waals surface area contributed by atoms with E-state index in [0.717, 1.165) is 24.9 Å². The first-order chi connectivity index (χ1) is 11.0. The fourth-order valence-electron chi connectivity index (χ4n) is 5.51. The van der Waals surface area contributed by atoms with Crippen LogP contribution in [0.1, 0.15) is 24.0 Å². The summed E-state index contributed by atoms with van der Waals surface area (Å²) in [6.45, 7) is 0.885. The van der Waals surface area contributed by atoms with Gasteiger partial charge in [0.25, 0.3) is 0 Å². The maximum atomic E-state index is 11.7. The molecule has 5 rings (SSSR count). The minimum absolute atomic E-state index is 0.0403. The number of nitrogens with zero attached hydrogens (tertiary/aromatic N) is 1. The van der Waals surface area contributed by atoms with Gasteiger partial charge in [0.1, 0.15) is 5.76 Å². The molecule has 2 bridgehead atoms. The monoisotopic (exact) mass is 315 g/mol. The Kier molecular flexibility index (Phi) is 2.40. The van der Waals surface area contributed by atoms with Gasteiger partial charge in [-0.2, -0.15) is 0 Å². The molecular formula is C18H21NO4. The summed E-state index contributed by atoms with van der Waals surface area (Å²) in [5, 5.41) is 22.3. The van der Waals surface area contributed by atoms with Crippen molar-refractivity contribution in [3.05, 3.63) is 35.1 Å². The number of likely N-dealkylation sites (tertiary alicyclic amines) is 1. The van der Waals surface area contributed by atoms with Crippen molar-refractivity contribution in [2.45, 2.75) is 42.4 Å². The lowest BCUT2D eigenvalue weighted by atomic mass is 9.50. The van der Waals surface area contributed by atoms with Crippen molar-refractivity contribution in [2.75, 3.05) is 20.7 Å². The van der Waals surface area contributed by atoms with Crippen molar-refractivity contribution in [1.29, 1.82) is 0 Å². The van der Waals surface area contributed by atoms with Crippen LogP contribution in [-0.2, 0) is 11.8 Å². The minimum atomic E-state index is -0.915. The van der Waals surface area contributed by atoms with E-state index in [1.165, 1.54) is 5.56 Å². The van der Waals surface area contributed by atoms with Gasteiger partial charge >= 0.3 is 0 Å². The molecule has 0 amide bonds. The van der Waals surface area contributed by atoms with Gasteiger partial charge in [-0.25, -0.2) is 0 Å². The molecule has 1 fully saturated rings. The fraction of sp³-hybridized carbons (Fsp3) is 0.556. The molecule has 2 heterocycles. The van der Waals surface area contributed by atoms with Crippen LogP contribution < -0.4 is 9.47 Å². The smallest absolute Gasteiger partial charge is 0.168 e. The zero-order chi connectivity index (χ0) is 16.0. The number of aliphatic hydroxyl groups is 2. The highest BCUT2D eigenvalue weighted by Crippen LogP contribution is 2.64. The van der Waals surface area contributed by atoms with Crippen LogP contribution >= 0.6 is 0 Å². The molecule has 1 unspecified atom stereocenters. The van der Waals surface area contributed by atoms with E-state index in [-0.39, 0.29) is 11.8 Å². The number of rotatable bonds is 1. The third kappa shape index (κ3) is 1.30. The highest BCUT2D eigenvalue weighted by molar-refractivity contribution is 5.64. The maximum absolute atomic E-state index is 11.7. The minimum Gasteiger partial charge on any atom is -0.509 e. The van der Waals surface area contributed by atoms with Crippen LogP contribution in [0, 0.1) is 0 Å². The molecule has 23 heavy (non-hydrogen) atoms. The molecule has 2 aliphatic heterocycles. The highest BCUT2D eigenvalue weighted by Gasteiger charge is 2.71. The van der Waals surface area contributed by atoms with Crippen LogP contribution in [0.25, 0.3) is 0 Å². The summed E-state index contributed by atoms with van der Waals surface area (Å²) in [4.78, 5) is 2.25. The molecule has 1 aromatic rings. The van der Waals surface area contributed by atoms with Crippen molar-refractivity contribution >= 4 is 0 Å². The Balaban J connectivity index is 1.87. The van der Waals surface area contributed by atoms with Gasteiger partial charge < -0.3 is 24.6 Å². The first kappa shape index (κ1) is 13.7. The topological polar surface area (TPSA) is 62.2 Å². The number of methoxy groups -OCH3 is 1. The molecule has 4 atom stereocenters. The van der Waals surface area contributed by atoms with Crippen LogP contribution in [0.4, 0.5) is 0 Å². The average molecular weight is 315 g/mol. The average Bonchev–Trinajstić information content (AvgIpc) is 2.90. The lowest BCUT2D eigenvalue weighted by Crippen LogP contribution is -2.74. The number of hydrogen-bond donors (Lipinski definition) is 2. The Labute approximate surface area is 135 Å². The van der Waals surface area contributed by atoms with Crippen molar-refractivity contribution in [3.8, 4) is 11.5 Å². The quantitative estimate of drug-likeness (QED) is 0.823. The highest BCUT2D eigenvalue weighted by atomic mass is 16.5. The van der Waals surface area contributed by atoms with Crippen LogP contribution in [0.2, 0.25) is 0 Å². The predicted molar refractivity (Wildman–Crippen MR) is 84.1 cm³/mol. The molecule has 1 aromatic carbocycles. The Morgan fingerprint density at radius 2 is 2.22 bits per heavy atom. The van der Waals surface area contributed by atoms with E-state index < -0.39 is 17.1 Å². The Hall–Kier alpha value is -1.72. The molecule has 0 radical (unpaired) electrons. The summed E-state index contributed by atoms with van der Waals surface area (Å²) < 4.78 is 11.7. The van der Waals surface area contributed by atoms with Crippen molar-refractivity contribution in [2.24, 2.45) is 0 Å². The summed E-state index contributed by atoms with van der Waals surface area (Å²) in [5.41, 5.74) is 0.787. The first-order valence-electron chi connectivity index (χ1n) is 8.21. The number of hydrogen-bond acceptors (Lipinski definition) is 5. The summed E-state index contributed by atoms with van der Waals surface area (Å²) >= 11 is 0. The third-order valence-corrected chi connectivity index (χ3v) is 6.58. The molecule has 5 nitrogen and oxygen atoms in total. The van der Waals surface area contributed by atoms with Crippen molar-refractivity contribution in [1.82, 2.24) is 4.90 Å². The molecule has 5 heteroatoms. The van der Waals surface area contributed by atoms with Gasteiger partial charge in [-0.1, -0.05) is 6.07 Å². The van der Waals surface area contributed by atoms with Gasteiger partial charge in [-0.05, 0) is 44.1 Å². The lowest BCUT2D eigenvalue weighted by Gasteiger charge is -2.61. The molecule has 122 valence electrons. The molecule has 1 spiro atoms. The maximum Gasteiger partial charge on any atom is 0.168 e. The largest absolute Gasteiger partial charge is 0.509 e. The van der Waals surface area contributed by atoms with Gasteiger partial charge in [0.05, 0.1) is 18.1 Å². The van der Waals surface area contributed by atoms with Gasteiger partial charge in [-0.3, -0.25) is 0 Å². The third-order valence-electron chi connectivity index (χ3n) is 6.58. The zero-order valence-electron chi connectivity index (χ0n) is 13.4. The Bertz CT molecular complexity index is 745. The predicted octanol–water partition coefficient (Wildman–Crippen LogP) is 1.53. The van der Waals surface area contributed by atoms with Crippen molar-refractivity contribution in [3.63, 3.8) is 0 Å². The molecule has 2 N–H and O–H groups in total. The van der Waals surface area contributed by atoms with Gasteiger partial charge in [-0.15, -0.1) is 0 Å². The number of benzene rings is 1. The zero-order valence-corrected chi connectivity index (χ0v) is 13.4. The van der Waals surface area contributed by atoms with Gasteiger partial charge in [0.15, 0.2) is 17.6 Å². The summed E-state index contributed by atoms with van der Waals surface area (Å²) in [6.07, 6.45) is 3.25. The molecule has 1 saturated heterocycles. The van der Waals surface area contributed by atoms with Crippen LogP contribution in [0.5, 0.6) is 11.5 Å². The van der Waals surface area contributed by atoms with E-state index in [4.69, 9.17) is 9.47 Å². The van der Waals surface area contributed by atoms with E-state index >= 15 is 0 Å². The second kappa shape index (κ2) is 4.02. The number of aliphatic hydroxyl groups excluding tert-OH is 1. The number of piperidine rings is 1. The second-order valence-corrected chi connectivity index (χ2v) is 7.31. The fourth-order valence-corrected chi connectivity index (χ4v) is 5.51. The Morgan fingerprint density at radius 1 is 1.39 bits per heavy atom. The first-order valence-corrected chi connectivity index (χ1v) is 8.21. The van der Waals surface area contributed by atoms with E-state index in [1.807, 2.05) is 6.07 Å². The van der Waals surface area contributed by atoms with E-state index in [0.29, 0.717) is 17.9 Å². The van der Waals surface area contributed by atoms with E-state index in [2.05, 4.69) is 18.0 Å². The number of likely N-dealkylation sites (N-methyl/N-ethyl adjacent to an activating group) is 1. The van der Waals surface area contributed by atoms with Crippen LogP contribution in [-0.4, -0.2) is 53.6 Å². The normalized spacial score (nSPS) is 40.2. The number of ether oxygens (including phenoxy) is 2. The standard InChI is InChI=1S/C18H21NO4/c1-19-8-7-17-14-10-3-4-12(22-2)15(14)23-16(17)11(20)5-6-18(17,21)13(19)9-10/h3-5,13,16,20-21H,6-9H2,1-2H3/t13-,16?,17+,18-/m1/s1. The SMILES string of the molecule is COc1ccc2c3c1OC1C(O)=CC[C@@]4(O)[C@@H](C2)N(C)CC[C@]314. The molecule has 0 saturated carbocycles. The Morgan fingerprint density at radius 3 is 3.00 bits per heavy atom. The van der Waals surface area contributed by atoms with Gasteiger partial charge in [0.2, 0.25) is 0 Å². The molecule has 0 aromatic heterocycles. The van der Waals surface area contributed by atoms with E-state index in [1.54, 1.807) is 13.2 Å². The van der Waals surface area contributed by atoms with Gasteiger partial charge in [0, 0.05) is 18.0 Å². The van der Waals surface area contributed by atoms with Crippen LogP contribution in [0.3, 0.4) is 0 Å². The molecule has 4 aliphatic rings. The summed E-state index contributed by atoms with van der Waals surface area (Å²) in [5.74, 6) is 1.63. The second-order valence-electron chi connectivity index (χ2n) is 7.31. The lowest BCUT2D eigenvalue weighted by molar-refractivity contribution is -0.163. The summed E-state index contributed by atoms with van der Waals surface area (Å²) in [6, 6.07) is 4.06. The van der Waals surface area contributed by atoms with Crippen LogP contribution in [0.15, 0.2) is 24.0 Å². The molecular weight excluding hydrogens is 294 g/mol.